The summed E-state index contributed by atoms with van der Waals surface area (Å²) in [6, 6.07) is 5.31. The molecule has 0 fully saturated rings. The van der Waals surface area contributed by atoms with E-state index in [0.29, 0.717) is 11.3 Å². The molecule has 1 aromatic rings. The maximum atomic E-state index is 9.38. The van der Waals surface area contributed by atoms with Gasteiger partial charge in [0.05, 0.1) is 6.10 Å². The van der Waals surface area contributed by atoms with Crippen LogP contribution in [-0.2, 0) is 0 Å². The van der Waals surface area contributed by atoms with E-state index in [2.05, 4.69) is 0 Å². The predicted molar refractivity (Wildman–Crippen MR) is 43.8 cm³/mol. The Hall–Kier alpha value is -0.670. The summed E-state index contributed by atoms with van der Waals surface area (Å²) < 4.78 is 0. The zero-order chi connectivity index (χ0) is 7.84. The van der Waals surface area contributed by atoms with Gasteiger partial charge in [-0.3, -0.25) is 0 Å². The molecule has 0 aliphatic carbocycles. The molecular formula is C8H8O2S. The lowest BCUT2D eigenvalue weighted by atomic mass is 10.1. The average Bonchev–Trinajstić information content (AvgIpc) is 2.34. The Labute approximate surface area is 68.9 Å². The number of benzene rings is 1. The molecule has 1 aliphatic rings. The summed E-state index contributed by atoms with van der Waals surface area (Å²) in [5.74, 6) is 0.868. The van der Waals surface area contributed by atoms with Gasteiger partial charge in [-0.05, 0) is 12.1 Å². The van der Waals surface area contributed by atoms with Crippen molar-refractivity contribution in [1.29, 1.82) is 0 Å². The largest absolute Gasteiger partial charge is 0.508 e. The second-order valence-electron chi connectivity index (χ2n) is 2.52. The summed E-state index contributed by atoms with van der Waals surface area (Å²) in [6.45, 7) is 0. The predicted octanol–water partition coefficient (Wildman–Crippen LogP) is 1.53. The van der Waals surface area contributed by atoms with Crippen LogP contribution in [0.5, 0.6) is 5.75 Å². The Bertz CT molecular complexity index is 285. The van der Waals surface area contributed by atoms with Crippen LogP contribution in [0.3, 0.4) is 0 Å². The Morgan fingerprint density at radius 1 is 1.45 bits per heavy atom. The van der Waals surface area contributed by atoms with Gasteiger partial charge < -0.3 is 10.2 Å². The highest BCUT2D eigenvalue weighted by molar-refractivity contribution is 7.99. The molecule has 1 aliphatic heterocycles. The van der Waals surface area contributed by atoms with Crippen LogP contribution in [0.15, 0.2) is 23.1 Å². The summed E-state index contributed by atoms with van der Waals surface area (Å²) in [5, 5.41) is 18.7. The number of aliphatic hydroxyl groups excluding tert-OH is 1. The zero-order valence-corrected chi connectivity index (χ0v) is 6.64. The van der Waals surface area contributed by atoms with E-state index >= 15 is 0 Å². The second-order valence-corrected chi connectivity index (χ2v) is 3.58. The minimum absolute atomic E-state index is 0.208. The van der Waals surface area contributed by atoms with Gasteiger partial charge in [0.15, 0.2) is 0 Å². The molecule has 2 rings (SSSR count). The quantitative estimate of drug-likeness (QED) is 0.617. The van der Waals surface area contributed by atoms with E-state index in [1.165, 1.54) is 0 Å². The monoisotopic (exact) mass is 168 g/mol. The molecule has 0 bridgehead atoms. The van der Waals surface area contributed by atoms with Crippen LogP contribution in [0.2, 0.25) is 0 Å². The summed E-state index contributed by atoms with van der Waals surface area (Å²) in [5.41, 5.74) is 0.692. The number of hydrogen-bond acceptors (Lipinski definition) is 3. The fraction of sp³-hybridized carbons (Fsp3) is 0.250. The van der Waals surface area contributed by atoms with Crippen LogP contribution in [-0.4, -0.2) is 16.0 Å². The van der Waals surface area contributed by atoms with Gasteiger partial charge in [0, 0.05) is 16.2 Å². The van der Waals surface area contributed by atoms with Crippen LogP contribution < -0.4 is 0 Å². The zero-order valence-electron chi connectivity index (χ0n) is 5.82. The van der Waals surface area contributed by atoms with Crippen LogP contribution in [0.25, 0.3) is 0 Å². The summed E-state index contributed by atoms with van der Waals surface area (Å²) in [7, 11) is 0. The van der Waals surface area contributed by atoms with Gasteiger partial charge in [-0.2, -0.15) is 0 Å². The molecule has 0 saturated carbocycles. The number of aromatic hydroxyl groups is 1. The first-order chi connectivity index (χ1) is 5.29. The Morgan fingerprint density at radius 3 is 3.00 bits per heavy atom. The van der Waals surface area contributed by atoms with Gasteiger partial charge in [0.1, 0.15) is 5.75 Å². The lowest BCUT2D eigenvalue weighted by Crippen LogP contribution is -1.93. The van der Waals surface area contributed by atoms with Crippen LogP contribution >= 0.6 is 11.8 Å². The van der Waals surface area contributed by atoms with Gasteiger partial charge >= 0.3 is 0 Å². The van der Waals surface area contributed by atoms with E-state index in [0.717, 1.165) is 4.90 Å². The standard InChI is InChI=1S/C8H8O2S/c9-5-2-1-3-7-8(5)6(10)4-11-7/h1-3,6,9-10H,4H2. The molecule has 1 atom stereocenters. The smallest absolute Gasteiger partial charge is 0.122 e. The van der Waals surface area contributed by atoms with E-state index in [-0.39, 0.29) is 5.75 Å². The van der Waals surface area contributed by atoms with E-state index in [9.17, 15) is 10.2 Å². The van der Waals surface area contributed by atoms with E-state index < -0.39 is 6.10 Å². The van der Waals surface area contributed by atoms with E-state index in [1.807, 2.05) is 6.07 Å². The Kier molecular flexibility index (Phi) is 1.55. The number of thioether (sulfide) groups is 1. The summed E-state index contributed by atoms with van der Waals surface area (Å²) in [4.78, 5) is 0.998. The van der Waals surface area contributed by atoms with Gasteiger partial charge in [-0.1, -0.05) is 6.07 Å². The minimum Gasteiger partial charge on any atom is -0.508 e. The highest BCUT2D eigenvalue weighted by Crippen LogP contribution is 2.42. The van der Waals surface area contributed by atoms with Crippen molar-refractivity contribution >= 4 is 11.8 Å². The van der Waals surface area contributed by atoms with Crippen LogP contribution in [0.1, 0.15) is 11.7 Å². The van der Waals surface area contributed by atoms with Crippen molar-refractivity contribution in [3.63, 3.8) is 0 Å². The molecule has 3 heteroatoms. The summed E-state index contributed by atoms with van der Waals surface area (Å²) >= 11 is 1.58. The normalized spacial score (nSPS) is 21.7. The fourth-order valence-corrected chi connectivity index (χ4v) is 2.32. The molecule has 1 aromatic carbocycles. The molecule has 0 aromatic heterocycles. The molecule has 1 heterocycles. The van der Waals surface area contributed by atoms with Crippen molar-refractivity contribution in [3.8, 4) is 5.75 Å². The molecular weight excluding hydrogens is 160 g/mol. The third-order valence-corrected chi connectivity index (χ3v) is 2.92. The Morgan fingerprint density at radius 2 is 2.27 bits per heavy atom. The molecule has 11 heavy (non-hydrogen) atoms. The maximum Gasteiger partial charge on any atom is 0.122 e. The first kappa shape index (κ1) is 7.00. The number of aliphatic hydroxyl groups is 1. The molecule has 0 spiro atoms. The first-order valence-electron chi connectivity index (χ1n) is 3.42. The minimum atomic E-state index is -0.490. The second kappa shape index (κ2) is 2.43. The van der Waals surface area contributed by atoms with Gasteiger partial charge in [0.2, 0.25) is 0 Å². The van der Waals surface area contributed by atoms with Crippen LogP contribution in [0, 0.1) is 0 Å². The number of hydrogen-bond donors (Lipinski definition) is 2. The molecule has 2 nitrogen and oxygen atoms in total. The van der Waals surface area contributed by atoms with Crippen molar-refractivity contribution in [3.05, 3.63) is 23.8 Å². The SMILES string of the molecule is Oc1cccc2c1C(O)CS2. The number of rotatable bonds is 0. The van der Waals surface area contributed by atoms with Crippen LogP contribution in [0.4, 0.5) is 0 Å². The van der Waals surface area contributed by atoms with Gasteiger partial charge in [-0.25, -0.2) is 0 Å². The average molecular weight is 168 g/mol. The molecule has 1 unspecified atom stereocenters. The van der Waals surface area contributed by atoms with Crippen molar-refractivity contribution in [2.45, 2.75) is 11.0 Å². The molecule has 58 valence electrons. The van der Waals surface area contributed by atoms with Gasteiger partial charge in [0.25, 0.3) is 0 Å². The maximum absolute atomic E-state index is 9.38. The lowest BCUT2D eigenvalue weighted by Gasteiger charge is -2.03. The molecule has 2 N–H and O–H groups in total. The molecule has 0 saturated heterocycles. The number of phenolic OH excluding ortho intramolecular Hbond substituents is 1. The van der Waals surface area contributed by atoms with Crippen molar-refractivity contribution in [2.24, 2.45) is 0 Å². The topological polar surface area (TPSA) is 40.5 Å². The van der Waals surface area contributed by atoms with Crippen molar-refractivity contribution < 1.29 is 10.2 Å². The number of phenols is 1. The highest BCUT2D eigenvalue weighted by atomic mass is 32.2. The highest BCUT2D eigenvalue weighted by Gasteiger charge is 2.23. The van der Waals surface area contributed by atoms with Gasteiger partial charge in [-0.15, -0.1) is 11.8 Å². The van der Waals surface area contributed by atoms with Crippen molar-refractivity contribution in [2.75, 3.05) is 5.75 Å². The number of fused-ring (bicyclic) bond motifs is 1. The first-order valence-corrected chi connectivity index (χ1v) is 4.40. The van der Waals surface area contributed by atoms with Crippen molar-refractivity contribution in [1.82, 2.24) is 0 Å². The lowest BCUT2D eigenvalue weighted by molar-refractivity contribution is 0.200. The summed E-state index contributed by atoms with van der Waals surface area (Å²) in [6.07, 6.45) is -0.490. The molecule has 0 amide bonds. The van der Waals surface area contributed by atoms with E-state index in [4.69, 9.17) is 0 Å². The Balaban J connectivity index is 2.58. The third kappa shape index (κ3) is 1.01. The molecule has 0 radical (unpaired) electrons. The third-order valence-electron chi connectivity index (χ3n) is 1.77. The van der Waals surface area contributed by atoms with E-state index in [1.54, 1.807) is 23.9 Å². The fourth-order valence-electron chi connectivity index (χ4n) is 1.25.